The molecule has 2 rings (SSSR count). The van der Waals surface area contributed by atoms with Gasteiger partial charge in [0.25, 0.3) is 0 Å². The summed E-state index contributed by atoms with van der Waals surface area (Å²) in [7, 11) is 0. The van der Waals surface area contributed by atoms with Crippen LogP contribution < -0.4 is 5.73 Å². The van der Waals surface area contributed by atoms with Crippen LogP contribution in [-0.4, -0.2) is 12.6 Å². The second kappa shape index (κ2) is 6.29. The number of thiophene rings is 1. The molecule has 0 saturated carbocycles. The number of anilines is 1. The highest BCUT2D eigenvalue weighted by molar-refractivity contribution is 7.14. The molecule has 3 nitrogen and oxygen atoms in total. The molecule has 0 spiro atoms. The van der Waals surface area contributed by atoms with Gasteiger partial charge in [-0.25, -0.2) is 4.79 Å². The third-order valence-corrected chi connectivity index (χ3v) is 3.79. The Labute approximate surface area is 127 Å². The van der Waals surface area contributed by atoms with Crippen molar-refractivity contribution >= 4 is 33.9 Å². The number of carbonyl (C=O) groups excluding carboxylic acids is 1. The zero-order chi connectivity index (χ0) is 14.7. The van der Waals surface area contributed by atoms with Crippen LogP contribution in [0.2, 0.25) is 5.02 Å². The molecule has 106 valence electrons. The summed E-state index contributed by atoms with van der Waals surface area (Å²) in [5.41, 5.74) is 8.04. The summed E-state index contributed by atoms with van der Waals surface area (Å²) in [4.78, 5) is 12.2. The second-order valence-corrected chi connectivity index (χ2v) is 6.24. The minimum Gasteiger partial charge on any atom is -0.462 e. The first-order valence-corrected chi connectivity index (χ1v) is 7.55. The average molecular weight is 310 g/mol. The van der Waals surface area contributed by atoms with Gasteiger partial charge in [0.2, 0.25) is 0 Å². The normalized spacial score (nSPS) is 10.8. The van der Waals surface area contributed by atoms with Gasteiger partial charge in [-0.1, -0.05) is 37.6 Å². The summed E-state index contributed by atoms with van der Waals surface area (Å²) in [6.45, 7) is 4.36. The lowest BCUT2D eigenvalue weighted by atomic mass is 10.0. The average Bonchev–Trinajstić information content (AvgIpc) is 2.79. The molecule has 1 aromatic carbocycles. The summed E-state index contributed by atoms with van der Waals surface area (Å²) < 4.78 is 5.28. The largest absolute Gasteiger partial charge is 0.462 e. The van der Waals surface area contributed by atoms with Crippen molar-refractivity contribution in [3.05, 3.63) is 40.2 Å². The number of halogens is 1. The molecule has 0 atom stereocenters. The summed E-state index contributed by atoms with van der Waals surface area (Å²) in [6, 6.07) is 7.30. The Bertz CT molecular complexity index is 605. The molecule has 2 aromatic rings. The molecular weight excluding hydrogens is 294 g/mol. The molecule has 1 heterocycles. The standard InChI is InChI=1S/C15H16ClNO2S/c1-9(2)7-19-15(18)13-12(8-20-14(13)17)10-3-5-11(16)6-4-10/h3-6,8-9H,7,17H2,1-2H3. The van der Waals surface area contributed by atoms with Gasteiger partial charge in [0.05, 0.1) is 6.61 Å². The SMILES string of the molecule is CC(C)COC(=O)c1c(-c2ccc(Cl)cc2)csc1N. The highest BCUT2D eigenvalue weighted by Gasteiger charge is 2.20. The van der Waals surface area contributed by atoms with Crippen molar-refractivity contribution in [1.29, 1.82) is 0 Å². The maximum Gasteiger partial charge on any atom is 0.341 e. The van der Waals surface area contributed by atoms with Gasteiger partial charge < -0.3 is 10.5 Å². The van der Waals surface area contributed by atoms with Crippen molar-refractivity contribution in [3.63, 3.8) is 0 Å². The van der Waals surface area contributed by atoms with Crippen molar-refractivity contribution < 1.29 is 9.53 Å². The summed E-state index contributed by atoms with van der Waals surface area (Å²) in [5.74, 6) is -0.0832. The molecule has 5 heteroatoms. The van der Waals surface area contributed by atoms with E-state index in [0.29, 0.717) is 22.2 Å². The lowest BCUT2D eigenvalue weighted by Gasteiger charge is -2.09. The van der Waals surface area contributed by atoms with E-state index in [1.165, 1.54) is 11.3 Å². The predicted octanol–water partition coefficient (Wildman–Crippen LogP) is 4.46. The van der Waals surface area contributed by atoms with Crippen LogP contribution in [0.25, 0.3) is 11.1 Å². The first-order valence-electron chi connectivity index (χ1n) is 6.29. The molecular formula is C15H16ClNO2S. The molecule has 0 bridgehead atoms. The number of nitrogen functional groups attached to an aromatic ring is 1. The fourth-order valence-corrected chi connectivity index (χ4v) is 2.68. The summed E-state index contributed by atoms with van der Waals surface area (Å²) in [6.07, 6.45) is 0. The Morgan fingerprint density at radius 1 is 1.35 bits per heavy atom. The third kappa shape index (κ3) is 3.32. The molecule has 2 N–H and O–H groups in total. The topological polar surface area (TPSA) is 52.3 Å². The lowest BCUT2D eigenvalue weighted by molar-refractivity contribution is 0.0461. The Kier molecular flexibility index (Phi) is 4.68. The quantitative estimate of drug-likeness (QED) is 0.848. The van der Waals surface area contributed by atoms with Crippen molar-refractivity contribution in [2.75, 3.05) is 12.3 Å². The van der Waals surface area contributed by atoms with Crippen LogP contribution in [0.5, 0.6) is 0 Å². The van der Waals surface area contributed by atoms with E-state index in [1.807, 2.05) is 31.4 Å². The number of nitrogens with two attached hydrogens (primary N) is 1. The van der Waals surface area contributed by atoms with Gasteiger partial charge in [-0.05, 0) is 23.6 Å². The number of hydrogen-bond acceptors (Lipinski definition) is 4. The molecule has 0 aliphatic carbocycles. The predicted molar refractivity (Wildman–Crippen MR) is 84.3 cm³/mol. The minimum atomic E-state index is -0.373. The third-order valence-electron chi connectivity index (χ3n) is 2.73. The molecule has 0 saturated heterocycles. The maximum absolute atomic E-state index is 12.2. The summed E-state index contributed by atoms with van der Waals surface area (Å²) >= 11 is 7.21. The van der Waals surface area contributed by atoms with Gasteiger partial charge in [0.15, 0.2) is 0 Å². The Morgan fingerprint density at radius 3 is 2.60 bits per heavy atom. The molecule has 0 aliphatic rings. The lowest BCUT2D eigenvalue weighted by Crippen LogP contribution is -2.11. The minimum absolute atomic E-state index is 0.290. The van der Waals surface area contributed by atoms with Crippen molar-refractivity contribution in [3.8, 4) is 11.1 Å². The molecule has 20 heavy (non-hydrogen) atoms. The van der Waals surface area contributed by atoms with Gasteiger partial charge in [-0.2, -0.15) is 0 Å². The fraction of sp³-hybridized carbons (Fsp3) is 0.267. The van der Waals surface area contributed by atoms with Crippen LogP contribution in [0.4, 0.5) is 5.00 Å². The molecule has 0 aliphatic heterocycles. The first kappa shape index (κ1) is 14.9. The monoisotopic (exact) mass is 309 g/mol. The number of carbonyl (C=O) groups is 1. The van der Waals surface area contributed by atoms with E-state index >= 15 is 0 Å². The Hall–Kier alpha value is -1.52. The van der Waals surface area contributed by atoms with Crippen LogP contribution in [0.15, 0.2) is 29.6 Å². The van der Waals surface area contributed by atoms with Gasteiger partial charge in [-0.15, -0.1) is 11.3 Å². The van der Waals surface area contributed by atoms with Crippen molar-refractivity contribution in [2.45, 2.75) is 13.8 Å². The highest BCUT2D eigenvalue weighted by Crippen LogP contribution is 2.34. The highest BCUT2D eigenvalue weighted by atomic mass is 35.5. The zero-order valence-corrected chi connectivity index (χ0v) is 12.9. The van der Waals surface area contributed by atoms with Crippen LogP contribution >= 0.6 is 22.9 Å². The zero-order valence-electron chi connectivity index (χ0n) is 11.4. The smallest absolute Gasteiger partial charge is 0.341 e. The number of hydrogen-bond donors (Lipinski definition) is 1. The maximum atomic E-state index is 12.2. The van der Waals surface area contributed by atoms with Crippen LogP contribution in [0.3, 0.4) is 0 Å². The van der Waals surface area contributed by atoms with E-state index in [4.69, 9.17) is 22.1 Å². The van der Waals surface area contributed by atoms with Crippen LogP contribution in [-0.2, 0) is 4.74 Å². The van der Waals surface area contributed by atoms with E-state index in [-0.39, 0.29) is 11.9 Å². The molecule has 0 amide bonds. The number of esters is 1. The van der Waals surface area contributed by atoms with Crippen LogP contribution in [0.1, 0.15) is 24.2 Å². The van der Waals surface area contributed by atoms with E-state index in [2.05, 4.69) is 0 Å². The van der Waals surface area contributed by atoms with E-state index in [0.717, 1.165) is 11.1 Å². The molecule has 0 radical (unpaired) electrons. The van der Waals surface area contributed by atoms with Crippen LogP contribution in [0, 0.1) is 5.92 Å². The number of benzene rings is 1. The Morgan fingerprint density at radius 2 is 2.00 bits per heavy atom. The van der Waals surface area contributed by atoms with Gasteiger partial charge in [0, 0.05) is 16.0 Å². The van der Waals surface area contributed by atoms with E-state index < -0.39 is 0 Å². The Balaban J connectivity index is 2.32. The fourth-order valence-electron chi connectivity index (χ4n) is 1.74. The molecule has 0 fully saturated rings. The second-order valence-electron chi connectivity index (χ2n) is 4.89. The summed E-state index contributed by atoms with van der Waals surface area (Å²) in [5, 5.41) is 2.99. The van der Waals surface area contributed by atoms with E-state index in [1.54, 1.807) is 12.1 Å². The molecule has 0 unspecified atom stereocenters. The van der Waals surface area contributed by atoms with Crippen molar-refractivity contribution in [2.24, 2.45) is 5.92 Å². The van der Waals surface area contributed by atoms with E-state index in [9.17, 15) is 4.79 Å². The number of ether oxygens (including phenoxy) is 1. The van der Waals surface area contributed by atoms with Crippen molar-refractivity contribution in [1.82, 2.24) is 0 Å². The number of rotatable bonds is 4. The van der Waals surface area contributed by atoms with Gasteiger partial charge >= 0.3 is 5.97 Å². The first-order chi connectivity index (χ1) is 9.49. The van der Waals surface area contributed by atoms with Gasteiger partial charge in [-0.3, -0.25) is 0 Å². The van der Waals surface area contributed by atoms with Gasteiger partial charge in [0.1, 0.15) is 10.6 Å². The molecule has 1 aromatic heterocycles.